The minimum absolute atomic E-state index is 0.0546. The maximum Gasteiger partial charge on any atom is 0.270 e. The van der Waals surface area contributed by atoms with Gasteiger partial charge in [-0.05, 0) is 52.5 Å². The average Bonchev–Trinajstić information content (AvgIpc) is 2.58. The van der Waals surface area contributed by atoms with Crippen molar-refractivity contribution < 1.29 is 4.79 Å². The highest BCUT2D eigenvalue weighted by atomic mass is 16.1. The molecule has 0 aliphatic rings. The Balaban J connectivity index is 2.00. The van der Waals surface area contributed by atoms with Crippen LogP contribution in [0.1, 0.15) is 41.1 Å². The van der Waals surface area contributed by atoms with E-state index in [0.717, 1.165) is 24.2 Å². The van der Waals surface area contributed by atoms with Gasteiger partial charge in [0.1, 0.15) is 5.69 Å². The molecular formula is C19H27N5O. The van der Waals surface area contributed by atoms with Crippen molar-refractivity contribution in [3.8, 4) is 0 Å². The minimum atomic E-state index is -0.167. The second kappa shape index (κ2) is 9.13. The van der Waals surface area contributed by atoms with Gasteiger partial charge in [0.25, 0.3) is 5.91 Å². The summed E-state index contributed by atoms with van der Waals surface area (Å²) < 4.78 is 0. The lowest BCUT2D eigenvalue weighted by atomic mass is 10.1. The lowest BCUT2D eigenvalue weighted by molar-refractivity contribution is 0.0947. The van der Waals surface area contributed by atoms with E-state index in [1.165, 1.54) is 0 Å². The molecule has 0 saturated carbocycles. The highest BCUT2D eigenvalue weighted by Crippen LogP contribution is 2.16. The summed E-state index contributed by atoms with van der Waals surface area (Å²) in [7, 11) is 4.03. The second-order valence-corrected chi connectivity index (χ2v) is 6.41. The summed E-state index contributed by atoms with van der Waals surface area (Å²) in [4.78, 5) is 23.2. The third-order valence-electron chi connectivity index (χ3n) is 3.80. The lowest BCUT2D eigenvalue weighted by Crippen LogP contribution is -2.28. The first-order chi connectivity index (χ1) is 12.0. The SMILES string of the molecule is Cc1cc(C(=O)NCCCN(C)C)nc(NC(C)c2ccccc2)n1. The zero-order valence-electron chi connectivity index (χ0n) is 15.4. The van der Waals surface area contributed by atoms with E-state index >= 15 is 0 Å². The predicted molar refractivity (Wildman–Crippen MR) is 101 cm³/mol. The number of benzene rings is 1. The molecule has 0 radical (unpaired) electrons. The number of hydrogen-bond acceptors (Lipinski definition) is 5. The number of nitrogens with one attached hydrogen (secondary N) is 2. The van der Waals surface area contributed by atoms with Gasteiger partial charge in [-0.3, -0.25) is 4.79 Å². The second-order valence-electron chi connectivity index (χ2n) is 6.41. The van der Waals surface area contributed by atoms with Crippen LogP contribution in [-0.2, 0) is 0 Å². The van der Waals surface area contributed by atoms with Crippen molar-refractivity contribution in [1.29, 1.82) is 0 Å². The van der Waals surface area contributed by atoms with Gasteiger partial charge in [-0.25, -0.2) is 9.97 Å². The minimum Gasteiger partial charge on any atom is -0.351 e. The van der Waals surface area contributed by atoms with Crippen molar-refractivity contribution in [2.24, 2.45) is 0 Å². The van der Waals surface area contributed by atoms with Gasteiger partial charge in [0.2, 0.25) is 5.95 Å². The third-order valence-corrected chi connectivity index (χ3v) is 3.80. The number of aryl methyl sites for hydroxylation is 1. The van der Waals surface area contributed by atoms with Gasteiger partial charge in [-0.2, -0.15) is 0 Å². The van der Waals surface area contributed by atoms with E-state index < -0.39 is 0 Å². The maximum absolute atomic E-state index is 12.3. The normalized spacial score (nSPS) is 12.0. The molecule has 1 amide bonds. The summed E-state index contributed by atoms with van der Waals surface area (Å²) in [6.07, 6.45) is 0.902. The number of amides is 1. The van der Waals surface area contributed by atoms with Crippen LogP contribution >= 0.6 is 0 Å². The Morgan fingerprint density at radius 2 is 1.92 bits per heavy atom. The van der Waals surface area contributed by atoms with Crippen LogP contribution in [0.2, 0.25) is 0 Å². The fraction of sp³-hybridized carbons (Fsp3) is 0.421. The summed E-state index contributed by atoms with van der Waals surface area (Å²) in [5.41, 5.74) is 2.29. The first kappa shape index (κ1) is 18.9. The van der Waals surface area contributed by atoms with Crippen LogP contribution in [0, 0.1) is 6.92 Å². The van der Waals surface area contributed by atoms with Crippen molar-refractivity contribution in [2.45, 2.75) is 26.3 Å². The summed E-state index contributed by atoms with van der Waals surface area (Å²) in [6.45, 7) is 5.47. The number of carbonyl (C=O) groups is 1. The summed E-state index contributed by atoms with van der Waals surface area (Å²) >= 11 is 0. The Morgan fingerprint density at radius 3 is 2.60 bits per heavy atom. The zero-order valence-corrected chi connectivity index (χ0v) is 15.4. The molecule has 0 spiro atoms. The number of hydrogen-bond donors (Lipinski definition) is 2. The van der Waals surface area contributed by atoms with Gasteiger partial charge in [-0.15, -0.1) is 0 Å². The van der Waals surface area contributed by atoms with Crippen LogP contribution in [0.15, 0.2) is 36.4 Å². The molecule has 1 heterocycles. The van der Waals surface area contributed by atoms with Gasteiger partial charge in [-0.1, -0.05) is 30.3 Å². The third kappa shape index (κ3) is 6.15. The molecule has 1 aromatic carbocycles. The lowest BCUT2D eigenvalue weighted by Gasteiger charge is -2.15. The molecule has 0 aliphatic carbocycles. The van der Waals surface area contributed by atoms with Gasteiger partial charge < -0.3 is 15.5 Å². The molecule has 25 heavy (non-hydrogen) atoms. The Bertz CT molecular complexity index is 687. The maximum atomic E-state index is 12.3. The van der Waals surface area contributed by atoms with E-state index in [0.29, 0.717) is 18.2 Å². The van der Waals surface area contributed by atoms with Crippen molar-refractivity contribution >= 4 is 11.9 Å². The van der Waals surface area contributed by atoms with Crippen LogP contribution in [0.4, 0.5) is 5.95 Å². The van der Waals surface area contributed by atoms with Crippen molar-refractivity contribution in [3.63, 3.8) is 0 Å². The first-order valence-electron chi connectivity index (χ1n) is 8.56. The number of carbonyl (C=O) groups excluding carboxylic acids is 1. The Labute approximate surface area is 149 Å². The molecule has 0 fully saturated rings. The molecule has 6 heteroatoms. The summed E-state index contributed by atoms with van der Waals surface area (Å²) in [5.74, 6) is 0.300. The van der Waals surface area contributed by atoms with Crippen LogP contribution in [-0.4, -0.2) is 48.0 Å². The molecule has 1 aromatic heterocycles. The number of nitrogens with zero attached hydrogens (tertiary/aromatic N) is 3. The Morgan fingerprint density at radius 1 is 1.20 bits per heavy atom. The summed E-state index contributed by atoms with van der Waals surface area (Å²) in [5, 5.41) is 6.18. The molecule has 0 aliphatic heterocycles. The number of aromatic nitrogens is 2. The molecule has 1 atom stereocenters. The van der Waals surface area contributed by atoms with Crippen molar-refractivity contribution in [1.82, 2.24) is 20.2 Å². The average molecular weight is 341 g/mol. The van der Waals surface area contributed by atoms with E-state index in [1.54, 1.807) is 6.07 Å². The van der Waals surface area contributed by atoms with Crippen LogP contribution in [0.3, 0.4) is 0 Å². The van der Waals surface area contributed by atoms with E-state index in [1.807, 2.05) is 58.3 Å². The van der Waals surface area contributed by atoms with Crippen LogP contribution < -0.4 is 10.6 Å². The van der Waals surface area contributed by atoms with Crippen molar-refractivity contribution in [3.05, 3.63) is 53.3 Å². The molecule has 2 rings (SSSR count). The quantitative estimate of drug-likeness (QED) is 0.722. The highest BCUT2D eigenvalue weighted by molar-refractivity contribution is 5.92. The Hall–Kier alpha value is -2.47. The molecule has 1 unspecified atom stereocenters. The molecule has 2 aromatic rings. The molecule has 134 valence electrons. The highest BCUT2D eigenvalue weighted by Gasteiger charge is 2.12. The number of rotatable bonds is 8. The first-order valence-corrected chi connectivity index (χ1v) is 8.56. The molecule has 2 N–H and O–H groups in total. The van der Waals surface area contributed by atoms with Gasteiger partial charge >= 0.3 is 0 Å². The smallest absolute Gasteiger partial charge is 0.270 e. The van der Waals surface area contributed by atoms with E-state index in [-0.39, 0.29) is 11.9 Å². The van der Waals surface area contributed by atoms with Gasteiger partial charge in [0.05, 0.1) is 6.04 Å². The standard InChI is InChI=1S/C19H27N5O/c1-14-13-17(18(25)20-11-8-12-24(3)4)23-19(21-14)22-15(2)16-9-6-5-7-10-16/h5-7,9-10,13,15H,8,11-12H2,1-4H3,(H,20,25)(H,21,22,23). The van der Waals surface area contributed by atoms with Crippen molar-refractivity contribution in [2.75, 3.05) is 32.5 Å². The molecular weight excluding hydrogens is 314 g/mol. The largest absolute Gasteiger partial charge is 0.351 e. The van der Waals surface area contributed by atoms with E-state index in [4.69, 9.17) is 0 Å². The zero-order chi connectivity index (χ0) is 18.2. The fourth-order valence-electron chi connectivity index (χ4n) is 2.46. The Kier molecular flexibility index (Phi) is 6.89. The number of anilines is 1. The molecule has 6 nitrogen and oxygen atoms in total. The fourth-order valence-corrected chi connectivity index (χ4v) is 2.46. The van der Waals surface area contributed by atoms with Crippen LogP contribution in [0.5, 0.6) is 0 Å². The molecule has 0 bridgehead atoms. The molecule has 0 saturated heterocycles. The van der Waals surface area contributed by atoms with E-state index in [9.17, 15) is 4.79 Å². The van der Waals surface area contributed by atoms with Gasteiger partial charge in [0.15, 0.2) is 0 Å². The van der Waals surface area contributed by atoms with Gasteiger partial charge in [0, 0.05) is 12.2 Å². The monoisotopic (exact) mass is 341 g/mol. The van der Waals surface area contributed by atoms with E-state index in [2.05, 4.69) is 25.5 Å². The predicted octanol–water partition coefficient (Wildman–Crippen LogP) is 2.64. The topological polar surface area (TPSA) is 70.2 Å². The van der Waals surface area contributed by atoms with Crippen LogP contribution in [0.25, 0.3) is 0 Å². The summed E-state index contributed by atoms with van der Waals surface area (Å²) in [6, 6.07) is 11.8.